The zero-order chi connectivity index (χ0) is 15.2. The van der Waals surface area contributed by atoms with Gasteiger partial charge in [-0.3, -0.25) is 4.79 Å². The first-order valence-corrected chi connectivity index (χ1v) is 6.21. The molecule has 1 aromatic rings. The van der Waals surface area contributed by atoms with Crippen molar-refractivity contribution in [3.8, 4) is 0 Å². The molecule has 3 nitrogen and oxygen atoms in total. The molecule has 0 aliphatic rings. The van der Waals surface area contributed by atoms with Crippen molar-refractivity contribution in [1.29, 1.82) is 0 Å². The van der Waals surface area contributed by atoms with E-state index in [0.29, 0.717) is 17.7 Å². The van der Waals surface area contributed by atoms with Crippen LogP contribution in [0.25, 0.3) is 6.08 Å². The van der Waals surface area contributed by atoms with Gasteiger partial charge in [0.1, 0.15) is 6.54 Å². The summed E-state index contributed by atoms with van der Waals surface area (Å²) in [5.41, 5.74) is 6.80. The van der Waals surface area contributed by atoms with E-state index in [1.54, 1.807) is 31.2 Å². The summed E-state index contributed by atoms with van der Waals surface area (Å²) in [7, 11) is 0. The molecule has 0 saturated carbocycles. The van der Waals surface area contributed by atoms with Crippen molar-refractivity contribution in [2.24, 2.45) is 0 Å². The van der Waals surface area contributed by atoms with E-state index < -0.39 is 18.6 Å². The molecular formula is C14H17F3N2O. The summed E-state index contributed by atoms with van der Waals surface area (Å²) in [6.45, 7) is 0.566. The van der Waals surface area contributed by atoms with E-state index in [0.717, 1.165) is 11.0 Å². The molecule has 6 heteroatoms. The van der Waals surface area contributed by atoms with Crippen LogP contribution >= 0.6 is 0 Å². The van der Waals surface area contributed by atoms with Crippen LogP contribution in [-0.4, -0.2) is 30.1 Å². The van der Waals surface area contributed by atoms with E-state index in [-0.39, 0.29) is 6.54 Å². The molecule has 1 aromatic carbocycles. The number of amides is 1. The number of carbonyl (C=O) groups is 1. The van der Waals surface area contributed by atoms with Gasteiger partial charge >= 0.3 is 6.18 Å². The predicted molar refractivity (Wildman–Crippen MR) is 72.8 cm³/mol. The first-order valence-electron chi connectivity index (χ1n) is 6.21. The van der Waals surface area contributed by atoms with Crippen molar-refractivity contribution in [1.82, 2.24) is 4.90 Å². The van der Waals surface area contributed by atoms with Crippen LogP contribution in [0.2, 0.25) is 0 Å². The summed E-state index contributed by atoms with van der Waals surface area (Å²) < 4.78 is 37.1. The Bertz CT molecular complexity index is 466. The standard InChI is InChI=1S/C14H17F3N2O/c1-2-9-19(10-14(15,16)17)13(20)8-5-11-3-6-12(18)7-4-11/h3-8H,2,9-10,18H2,1H3/b8-5+. The molecule has 0 unspecified atom stereocenters. The summed E-state index contributed by atoms with van der Waals surface area (Å²) in [5.74, 6) is -0.652. The molecule has 0 aliphatic heterocycles. The molecule has 0 radical (unpaired) electrons. The molecule has 1 rings (SSSR count). The Kier molecular flexibility index (Phi) is 5.61. The van der Waals surface area contributed by atoms with E-state index >= 15 is 0 Å². The minimum Gasteiger partial charge on any atom is -0.399 e. The Hall–Kier alpha value is -1.98. The van der Waals surface area contributed by atoms with Crippen LogP contribution in [0.5, 0.6) is 0 Å². The minimum absolute atomic E-state index is 0.0738. The van der Waals surface area contributed by atoms with Crippen molar-refractivity contribution in [2.75, 3.05) is 18.8 Å². The highest BCUT2D eigenvalue weighted by atomic mass is 19.4. The number of carbonyl (C=O) groups excluding carboxylic acids is 1. The molecular weight excluding hydrogens is 269 g/mol. The van der Waals surface area contributed by atoms with E-state index in [9.17, 15) is 18.0 Å². The molecule has 2 N–H and O–H groups in total. The summed E-state index contributed by atoms with van der Waals surface area (Å²) in [4.78, 5) is 12.6. The largest absolute Gasteiger partial charge is 0.406 e. The quantitative estimate of drug-likeness (QED) is 0.668. The Labute approximate surface area is 115 Å². The van der Waals surface area contributed by atoms with Gasteiger partial charge in [0, 0.05) is 18.3 Å². The molecule has 0 atom stereocenters. The summed E-state index contributed by atoms with van der Waals surface area (Å²) in [5, 5.41) is 0. The molecule has 0 bridgehead atoms. The monoisotopic (exact) mass is 286 g/mol. The number of halogens is 3. The van der Waals surface area contributed by atoms with Crippen LogP contribution < -0.4 is 5.73 Å². The number of hydrogen-bond donors (Lipinski definition) is 1. The van der Waals surface area contributed by atoms with Gasteiger partial charge < -0.3 is 10.6 Å². The maximum Gasteiger partial charge on any atom is 0.406 e. The fourth-order valence-corrected chi connectivity index (χ4v) is 1.63. The van der Waals surface area contributed by atoms with Gasteiger partial charge in [-0.25, -0.2) is 0 Å². The normalized spacial score (nSPS) is 11.8. The number of nitrogens with zero attached hydrogens (tertiary/aromatic N) is 1. The van der Waals surface area contributed by atoms with Gasteiger partial charge in [0.2, 0.25) is 5.91 Å². The van der Waals surface area contributed by atoms with E-state index in [2.05, 4.69) is 0 Å². The summed E-state index contributed by atoms with van der Waals surface area (Å²) >= 11 is 0. The lowest BCUT2D eigenvalue weighted by molar-refractivity contribution is -0.158. The van der Waals surface area contributed by atoms with E-state index in [4.69, 9.17) is 5.73 Å². The molecule has 0 heterocycles. The SMILES string of the molecule is CCCN(CC(F)(F)F)C(=O)/C=C/c1ccc(N)cc1. The van der Waals surface area contributed by atoms with Crippen LogP contribution in [0.3, 0.4) is 0 Å². The van der Waals surface area contributed by atoms with Gasteiger partial charge in [0.15, 0.2) is 0 Å². The third-order valence-corrected chi connectivity index (χ3v) is 2.53. The van der Waals surface area contributed by atoms with Crippen molar-refractivity contribution in [3.05, 3.63) is 35.9 Å². The van der Waals surface area contributed by atoms with Crippen LogP contribution in [0.15, 0.2) is 30.3 Å². The maximum absolute atomic E-state index is 12.4. The van der Waals surface area contributed by atoms with E-state index in [1.807, 2.05) is 0 Å². The van der Waals surface area contributed by atoms with E-state index in [1.165, 1.54) is 6.08 Å². The van der Waals surface area contributed by atoms with Gasteiger partial charge in [-0.15, -0.1) is 0 Å². The highest BCUT2D eigenvalue weighted by molar-refractivity contribution is 5.91. The molecule has 0 spiro atoms. The number of rotatable bonds is 5. The predicted octanol–water partition coefficient (Wildman–Crippen LogP) is 3.08. The average molecular weight is 286 g/mol. The van der Waals surface area contributed by atoms with Crippen LogP contribution in [0.1, 0.15) is 18.9 Å². The Morgan fingerprint density at radius 3 is 2.40 bits per heavy atom. The zero-order valence-corrected chi connectivity index (χ0v) is 11.2. The zero-order valence-electron chi connectivity index (χ0n) is 11.2. The van der Waals surface area contributed by atoms with Gasteiger partial charge in [-0.2, -0.15) is 13.2 Å². The highest BCUT2D eigenvalue weighted by Gasteiger charge is 2.31. The number of nitrogens with two attached hydrogens (primary N) is 1. The molecule has 0 saturated heterocycles. The topological polar surface area (TPSA) is 46.3 Å². The molecule has 1 amide bonds. The van der Waals surface area contributed by atoms with Crippen molar-refractivity contribution in [2.45, 2.75) is 19.5 Å². The third kappa shape index (κ3) is 5.77. The van der Waals surface area contributed by atoms with Gasteiger partial charge in [-0.05, 0) is 30.2 Å². The number of benzene rings is 1. The fraction of sp³-hybridized carbons (Fsp3) is 0.357. The first kappa shape index (κ1) is 16.1. The van der Waals surface area contributed by atoms with Gasteiger partial charge in [-0.1, -0.05) is 19.1 Å². The summed E-state index contributed by atoms with van der Waals surface area (Å²) in [6, 6.07) is 6.69. The molecule has 20 heavy (non-hydrogen) atoms. The minimum atomic E-state index is -4.39. The average Bonchev–Trinajstić information content (AvgIpc) is 2.35. The smallest absolute Gasteiger partial charge is 0.399 e. The number of anilines is 1. The second-order valence-electron chi connectivity index (χ2n) is 4.37. The molecule has 0 fully saturated rings. The number of hydrogen-bond acceptors (Lipinski definition) is 2. The fourth-order valence-electron chi connectivity index (χ4n) is 1.63. The lowest BCUT2D eigenvalue weighted by atomic mass is 10.2. The van der Waals surface area contributed by atoms with Crippen LogP contribution in [0, 0.1) is 0 Å². The van der Waals surface area contributed by atoms with Gasteiger partial charge in [0.25, 0.3) is 0 Å². The number of nitrogen functional groups attached to an aromatic ring is 1. The third-order valence-electron chi connectivity index (χ3n) is 2.53. The Balaban J connectivity index is 2.72. The maximum atomic E-state index is 12.4. The highest BCUT2D eigenvalue weighted by Crippen LogP contribution is 2.17. The second-order valence-corrected chi connectivity index (χ2v) is 4.37. The van der Waals surface area contributed by atoms with Crippen molar-refractivity contribution in [3.63, 3.8) is 0 Å². The lowest BCUT2D eigenvalue weighted by Gasteiger charge is -2.21. The van der Waals surface area contributed by atoms with Gasteiger partial charge in [0.05, 0.1) is 0 Å². The first-order chi connectivity index (χ1) is 9.31. The Morgan fingerprint density at radius 1 is 1.30 bits per heavy atom. The van der Waals surface area contributed by atoms with Crippen molar-refractivity contribution >= 4 is 17.7 Å². The summed E-state index contributed by atoms with van der Waals surface area (Å²) in [6.07, 6.45) is -1.30. The Morgan fingerprint density at radius 2 is 1.90 bits per heavy atom. The van der Waals surface area contributed by atoms with Crippen LogP contribution in [0.4, 0.5) is 18.9 Å². The second kappa shape index (κ2) is 6.98. The molecule has 110 valence electrons. The van der Waals surface area contributed by atoms with Crippen molar-refractivity contribution < 1.29 is 18.0 Å². The number of alkyl halides is 3. The lowest BCUT2D eigenvalue weighted by Crippen LogP contribution is -2.38. The molecule has 0 aromatic heterocycles. The molecule has 0 aliphatic carbocycles. The van der Waals surface area contributed by atoms with Crippen LogP contribution in [-0.2, 0) is 4.79 Å².